The number of nitrogens with one attached hydrogen (secondary N) is 1. The molecule has 0 fully saturated rings. The van der Waals surface area contributed by atoms with E-state index in [4.69, 9.17) is 14.7 Å². The fraction of sp³-hybridized carbons (Fsp3) is 0.286. The molecule has 0 saturated carbocycles. The van der Waals surface area contributed by atoms with E-state index >= 15 is 0 Å². The Morgan fingerprint density at radius 3 is 2.67 bits per heavy atom. The summed E-state index contributed by atoms with van der Waals surface area (Å²) < 4.78 is 11.0. The normalized spacial score (nSPS) is 10.4. The Labute approximate surface area is 159 Å². The van der Waals surface area contributed by atoms with Crippen molar-refractivity contribution in [2.24, 2.45) is 5.10 Å². The van der Waals surface area contributed by atoms with Crippen LogP contribution < -0.4 is 14.9 Å². The van der Waals surface area contributed by atoms with Gasteiger partial charge in [0.25, 0.3) is 5.91 Å². The van der Waals surface area contributed by atoms with Crippen molar-refractivity contribution < 1.29 is 14.3 Å². The molecular weight excluding hydrogens is 342 g/mol. The van der Waals surface area contributed by atoms with Crippen LogP contribution in [0.4, 0.5) is 0 Å². The molecule has 0 aliphatic carbocycles. The van der Waals surface area contributed by atoms with Gasteiger partial charge in [-0.3, -0.25) is 4.79 Å². The molecule has 0 heterocycles. The fourth-order valence-corrected chi connectivity index (χ4v) is 2.23. The van der Waals surface area contributed by atoms with Crippen molar-refractivity contribution in [1.82, 2.24) is 5.43 Å². The lowest BCUT2D eigenvalue weighted by atomic mass is 10.2. The minimum Gasteiger partial charge on any atom is -0.494 e. The molecule has 0 saturated heterocycles. The summed E-state index contributed by atoms with van der Waals surface area (Å²) in [5.74, 6) is 0.778. The number of amides is 1. The second kappa shape index (κ2) is 11.3. The van der Waals surface area contributed by atoms with Gasteiger partial charge in [-0.1, -0.05) is 31.9 Å². The zero-order valence-electron chi connectivity index (χ0n) is 15.4. The molecule has 0 aliphatic heterocycles. The van der Waals surface area contributed by atoms with Crippen LogP contribution in [0.3, 0.4) is 0 Å². The fourth-order valence-electron chi connectivity index (χ4n) is 2.23. The number of hydrogen-bond donors (Lipinski definition) is 1. The van der Waals surface area contributed by atoms with Crippen LogP contribution in [0, 0.1) is 11.3 Å². The number of rotatable bonds is 10. The highest BCUT2D eigenvalue weighted by molar-refractivity contribution is 5.83. The summed E-state index contributed by atoms with van der Waals surface area (Å²) in [6.07, 6.45) is 4.92. The van der Waals surface area contributed by atoms with Crippen molar-refractivity contribution in [2.45, 2.75) is 26.2 Å². The lowest BCUT2D eigenvalue weighted by Crippen LogP contribution is -2.24. The second-order valence-corrected chi connectivity index (χ2v) is 5.81. The summed E-state index contributed by atoms with van der Waals surface area (Å²) in [6.45, 7) is 2.65. The molecule has 2 aromatic rings. The van der Waals surface area contributed by atoms with Gasteiger partial charge in [-0.15, -0.1) is 0 Å². The topological polar surface area (TPSA) is 83.7 Å². The number of carbonyl (C=O) groups excluding carboxylic acids is 1. The van der Waals surface area contributed by atoms with Gasteiger partial charge < -0.3 is 9.47 Å². The maximum Gasteiger partial charge on any atom is 0.277 e. The number of hydrazone groups is 1. The predicted molar refractivity (Wildman–Crippen MR) is 104 cm³/mol. The number of unbranched alkanes of at least 4 members (excludes halogenated alkanes) is 2. The summed E-state index contributed by atoms with van der Waals surface area (Å²) in [4.78, 5) is 11.8. The SMILES string of the molecule is CCCCCOc1ccc(/C=N/NC(=O)COc2ccccc2C#N)cc1. The molecule has 140 valence electrons. The highest BCUT2D eigenvalue weighted by Gasteiger charge is 2.05. The Hall–Kier alpha value is -3.33. The predicted octanol–water partition coefficient (Wildman–Crippen LogP) is 3.66. The number of hydrogen-bond acceptors (Lipinski definition) is 5. The van der Waals surface area contributed by atoms with E-state index in [2.05, 4.69) is 17.5 Å². The molecule has 6 nitrogen and oxygen atoms in total. The zero-order chi connectivity index (χ0) is 19.3. The highest BCUT2D eigenvalue weighted by atomic mass is 16.5. The Morgan fingerprint density at radius 2 is 1.93 bits per heavy atom. The number of nitriles is 1. The first-order valence-electron chi connectivity index (χ1n) is 8.89. The molecular formula is C21H23N3O3. The van der Waals surface area contributed by atoms with E-state index in [0.717, 1.165) is 24.2 Å². The van der Waals surface area contributed by atoms with E-state index in [1.54, 1.807) is 30.5 Å². The number of ether oxygens (including phenoxy) is 2. The quantitative estimate of drug-likeness (QED) is 0.396. The summed E-state index contributed by atoms with van der Waals surface area (Å²) in [7, 11) is 0. The van der Waals surface area contributed by atoms with Gasteiger partial charge in [0.15, 0.2) is 6.61 Å². The molecule has 27 heavy (non-hydrogen) atoms. The van der Waals surface area contributed by atoms with Gasteiger partial charge in [0.2, 0.25) is 0 Å². The third kappa shape index (κ3) is 7.20. The van der Waals surface area contributed by atoms with Gasteiger partial charge in [0.05, 0.1) is 18.4 Å². The Morgan fingerprint density at radius 1 is 1.15 bits per heavy atom. The summed E-state index contributed by atoms with van der Waals surface area (Å²) in [5, 5.41) is 12.9. The van der Waals surface area contributed by atoms with E-state index in [0.29, 0.717) is 17.9 Å². The van der Waals surface area contributed by atoms with Crippen molar-refractivity contribution >= 4 is 12.1 Å². The van der Waals surface area contributed by atoms with Crippen molar-refractivity contribution in [3.63, 3.8) is 0 Å². The third-order valence-corrected chi connectivity index (χ3v) is 3.67. The minimum absolute atomic E-state index is 0.222. The van der Waals surface area contributed by atoms with Gasteiger partial charge >= 0.3 is 0 Å². The van der Waals surface area contributed by atoms with Gasteiger partial charge in [0, 0.05) is 0 Å². The van der Waals surface area contributed by atoms with E-state index in [1.807, 2.05) is 30.3 Å². The Balaban J connectivity index is 1.74. The molecule has 0 atom stereocenters. The van der Waals surface area contributed by atoms with Crippen molar-refractivity contribution in [1.29, 1.82) is 5.26 Å². The molecule has 0 bridgehead atoms. The molecule has 1 amide bonds. The molecule has 6 heteroatoms. The molecule has 0 aromatic heterocycles. The average molecular weight is 365 g/mol. The van der Waals surface area contributed by atoms with Crippen LogP contribution in [0.25, 0.3) is 0 Å². The lowest BCUT2D eigenvalue weighted by molar-refractivity contribution is -0.123. The average Bonchev–Trinajstić information content (AvgIpc) is 2.71. The number of benzene rings is 2. The maximum atomic E-state index is 11.8. The molecule has 2 aromatic carbocycles. The van der Waals surface area contributed by atoms with Gasteiger partial charge in [-0.25, -0.2) is 5.43 Å². The maximum absolute atomic E-state index is 11.8. The molecule has 2 rings (SSSR count). The van der Waals surface area contributed by atoms with E-state index in [9.17, 15) is 4.79 Å². The summed E-state index contributed by atoms with van der Waals surface area (Å²) in [5.41, 5.74) is 3.61. The first-order valence-corrected chi connectivity index (χ1v) is 8.89. The van der Waals surface area contributed by atoms with Crippen molar-refractivity contribution in [2.75, 3.05) is 13.2 Å². The van der Waals surface area contributed by atoms with Gasteiger partial charge in [-0.05, 0) is 48.4 Å². The number of para-hydroxylation sites is 1. The largest absolute Gasteiger partial charge is 0.494 e. The van der Waals surface area contributed by atoms with Crippen LogP contribution in [-0.4, -0.2) is 25.3 Å². The molecule has 0 radical (unpaired) electrons. The minimum atomic E-state index is -0.408. The standard InChI is InChI=1S/C21H23N3O3/c1-2-3-6-13-26-19-11-9-17(10-12-19)15-23-24-21(25)16-27-20-8-5-4-7-18(20)14-22/h4-5,7-12,15H,2-3,6,13,16H2,1H3,(H,24,25)/b23-15+. The highest BCUT2D eigenvalue weighted by Crippen LogP contribution is 2.16. The Kier molecular flexibility index (Phi) is 8.38. The zero-order valence-corrected chi connectivity index (χ0v) is 15.4. The first-order chi connectivity index (χ1) is 13.2. The molecule has 0 unspecified atom stereocenters. The van der Waals surface area contributed by atoms with E-state index < -0.39 is 5.91 Å². The monoisotopic (exact) mass is 365 g/mol. The Bertz CT molecular complexity index is 795. The van der Waals surface area contributed by atoms with E-state index in [1.165, 1.54) is 6.42 Å². The van der Waals surface area contributed by atoms with Crippen LogP contribution in [0.1, 0.15) is 37.3 Å². The van der Waals surface area contributed by atoms with Crippen LogP contribution in [-0.2, 0) is 4.79 Å². The van der Waals surface area contributed by atoms with Crippen LogP contribution in [0.15, 0.2) is 53.6 Å². The molecule has 0 aliphatic rings. The number of carbonyl (C=O) groups is 1. The van der Waals surface area contributed by atoms with Crippen molar-refractivity contribution in [3.8, 4) is 17.6 Å². The third-order valence-electron chi connectivity index (χ3n) is 3.67. The number of nitrogens with zero attached hydrogens (tertiary/aromatic N) is 2. The van der Waals surface area contributed by atoms with Gasteiger partial charge in [-0.2, -0.15) is 10.4 Å². The summed E-state index contributed by atoms with van der Waals surface area (Å²) >= 11 is 0. The molecule has 0 spiro atoms. The van der Waals surface area contributed by atoms with Crippen LogP contribution >= 0.6 is 0 Å². The summed E-state index contributed by atoms with van der Waals surface area (Å²) in [6, 6.07) is 16.2. The molecule has 1 N–H and O–H groups in total. The lowest BCUT2D eigenvalue weighted by Gasteiger charge is -2.06. The van der Waals surface area contributed by atoms with Crippen molar-refractivity contribution in [3.05, 3.63) is 59.7 Å². The first kappa shape index (κ1) is 20.0. The smallest absolute Gasteiger partial charge is 0.277 e. The van der Waals surface area contributed by atoms with Crippen LogP contribution in [0.5, 0.6) is 11.5 Å². The second-order valence-electron chi connectivity index (χ2n) is 5.81. The van der Waals surface area contributed by atoms with Gasteiger partial charge in [0.1, 0.15) is 17.6 Å². The van der Waals surface area contributed by atoms with E-state index in [-0.39, 0.29) is 6.61 Å². The van der Waals surface area contributed by atoms with Crippen LogP contribution in [0.2, 0.25) is 0 Å².